The summed E-state index contributed by atoms with van der Waals surface area (Å²) in [5, 5.41) is 3.49. The van der Waals surface area contributed by atoms with E-state index in [9.17, 15) is 0 Å². The quantitative estimate of drug-likeness (QED) is 0.886. The molecule has 0 spiro atoms. The Hall–Kier alpha value is -0.740. The van der Waals surface area contributed by atoms with Gasteiger partial charge in [-0.2, -0.15) is 11.8 Å². The summed E-state index contributed by atoms with van der Waals surface area (Å²) in [4.78, 5) is 6.99. The average molecular weight is 265 g/mol. The van der Waals surface area contributed by atoms with E-state index >= 15 is 0 Å². The maximum Gasteiger partial charge on any atom is 0.128 e. The molecular weight excluding hydrogens is 242 g/mol. The van der Waals surface area contributed by atoms with E-state index in [2.05, 4.69) is 41.2 Å². The lowest BCUT2D eigenvalue weighted by Gasteiger charge is -2.27. The summed E-state index contributed by atoms with van der Waals surface area (Å²) < 4.78 is 0. The van der Waals surface area contributed by atoms with Gasteiger partial charge in [0.2, 0.25) is 0 Å². The van der Waals surface area contributed by atoms with Gasteiger partial charge < -0.3 is 10.2 Å². The molecule has 2 rings (SSSR count). The molecule has 1 N–H and O–H groups in total. The van der Waals surface area contributed by atoms with E-state index in [1.807, 2.05) is 18.0 Å². The van der Waals surface area contributed by atoms with Crippen LogP contribution in [0.3, 0.4) is 0 Å². The zero-order valence-corrected chi connectivity index (χ0v) is 12.2. The molecule has 1 unspecified atom stereocenters. The van der Waals surface area contributed by atoms with Crippen LogP contribution in [0.5, 0.6) is 0 Å². The van der Waals surface area contributed by atoms with Gasteiger partial charge in [0.1, 0.15) is 5.82 Å². The lowest BCUT2D eigenvalue weighted by molar-refractivity contribution is 0.569. The summed E-state index contributed by atoms with van der Waals surface area (Å²) in [5.41, 5.74) is 1.28. The van der Waals surface area contributed by atoms with E-state index in [4.69, 9.17) is 0 Å². The minimum atomic E-state index is 0.392. The normalized spacial score (nSPS) is 17.8. The number of rotatable bonds is 5. The van der Waals surface area contributed by atoms with Crippen LogP contribution in [0.4, 0.5) is 5.82 Å². The molecular formula is C14H23N3S. The maximum atomic E-state index is 4.61. The summed E-state index contributed by atoms with van der Waals surface area (Å²) >= 11 is 2.03. The number of hydrogen-bond acceptors (Lipinski definition) is 4. The van der Waals surface area contributed by atoms with Gasteiger partial charge in [-0.25, -0.2) is 4.98 Å². The first-order valence-electron chi connectivity index (χ1n) is 6.83. The van der Waals surface area contributed by atoms with Crippen LogP contribution in [0.2, 0.25) is 0 Å². The highest BCUT2D eigenvalue weighted by molar-refractivity contribution is 7.99. The van der Waals surface area contributed by atoms with Crippen LogP contribution in [0, 0.1) is 0 Å². The fourth-order valence-electron chi connectivity index (χ4n) is 2.11. The van der Waals surface area contributed by atoms with E-state index in [1.54, 1.807) is 0 Å². The van der Waals surface area contributed by atoms with Crippen LogP contribution in [0.1, 0.15) is 31.9 Å². The molecule has 0 aliphatic carbocycles. The summed E-state index contributed by atoms with van der Waals surface area (Å²) in [7, 11) is 0. The van der Waals surface area contributed by atoms with Crippen molar-refractivity contribution in [3.63, 3.8) is 0 Å². The molecule has 1 atom stereocenters. The second-order valence-electron chi connectivity index (χ2n) is 4.72. The molecule has 0 aromatic carbocycles. The summed E-state index contributed by atoms with van der Waals surface area (Å²) in [6, 6.07) is 4.76. The molecule has 18 heavy (non-hydrogen) atoms. The third-order valence-corrected chi connectivity index (χ3v) is 4.25. The molecule has 1 aromatic heterocycles. The lowest BCUT2D eigenvalue weighted by Crippen LogP contribution is -2.33. The predicted octanol–water partition coefficient (Wildman–Crippen LogP) is 2.70. The van der Waals surface area contributed by atoms with Crippen LogP contribution in [-0.4, -0.2) is 36.1 Å². The topological polar surface area (TPSA) is 28.2 Å². The van der Waals surface area contributed by atoms with Crippen LogP contribution < -0.4 is 10.2 Å². The van der Waals surface area contributed by atoms with E-state index in [1.165, 1.54) is 23.5 Å². The van der Waals surface area contributed by atoms with Gasteiger partial charge in [-0.3, -0.25) is 0 Å². The van der Waals surface area contributed by atoms with E-state index < -0.39 is 0 Å². The fraction of sp³-hybridized carbons (Fsp3) is 0.643. The van der Waals surface area contributed by atoms with Crippen molar-refractivity contribution in [1.82, 2.24) is 10.3 Å². The molecule has 1 aromatic rings. The minimum Gasteiger partial charge on any atom is -0.355 e. The first-order valence-corrected chi connectivity index (χ1v) is 7.98. The van der Waals surface area contributed by atoms with Gasteiger partial charge in [-0.05, 0) is 31.5 Å². The Morgan fingerprint density at radius 2 is 2.17 bits per heavy atom. The third kappa shape index (κ3) is 3.62. The van der Waals surface area contributed by atoms with E-state index in [-0.39, 0.29) is 0 Å². The van der Waals surface area contributed by atoms with Gasteiger partial charge in [0.15, 0.2) is 0 Å². The number of hydrogen-bond donors (Lipinski definition) is 1. The third-order valence-electron chi connectivity index (χ3n) is 3.31. The van der Waals surface area contributed by atoms with Crippen molar-refractivity contribution in [2.45, 2.75) is 26.3 Å². The fourth-order valence-corrected chi connectivity index (χ4v) is 3.01. The molecule has 2 heterocycles. The molecule has 4 heteroatoms. The van der Waals surface area contributed by atoms with Crippen molar-refractivity contribution in [1.29, 1.82) is 0 Å². The number of nitrogens with zero attached hydrogens (tertiary/aromatic N) is 2. The Morgan fingerprint density at radius 1 is 1.39 bits per heavy atom. The Balaban J connectivity index is 1.95. The van der Waals surface area contributed by atoms with Gasteiger partial charge in [0, 0.05) is 36.8 Å². The Labute approximate surface area is 114 Å². The van der Waals surface area contributed by atoms with Crippen molar-refractivity contribution in [2.75, 3.05) is 36.0 Å². The van der Waals surface area contributed by atoms with Gasteiger partial charge in [0.25, 0.3) is 0 Å². The second-order valence-corrected chi connectivity index (χ2v) is 5.95. The van der Waals surface area contributed by atoms with Gasteiger partial charge in [-0.1, -0.05) is 13.0 Å². The molecule has 1 saturated heterocycles. The minimum absolute atomic E-state index is 0.392. The van der Waals surface area contributed by atoms with Gasteiger partial charge in [0.05, 0.1) is 0 Å². The first-order chi connectivity index (χ1) is 8.81. The molecule has 1 aliphatic heterocycles. The van der Waals surface area contributed by atoms with Crippen molar-refractivity contribution in [3.05, 3.63) is 23.9 Å². The van der Waals surface area contributed by atoms with Crippen molar-refractivity contribution < 1.29 is 0 Å². The van der Waals surface area contributed by atoms with Crippen molar-refractivity contribution in [2.24, 2.45) is 0 Å². The molecule has 1 aliphatic rings. The van der Waals surface area contributed by atoms with Crippen molar-refractivity contribution >= 4 is 17.6 Å². The predicted molar refractivity (Wildman–Crippen MR) is 80.5 cm³/mol. The highest BCUT2D eigenvalue weighted by Crippen LogP contribution is 2.19. The Kier molecular flexibility index (Phi) is 5.32. The lowest BCUT2D eigenvalue weighted by atomic mass is 10.1. The molecule has 1 fully saturated rings. The number of aromatic nitrogens is 1. The zero-order valence-electron chi connectivity index (χ0n) is 11.4. The summed E-state index contributed by atoms with van der Waals surface area (Å²) in [6.45, 7) is 7.70. The van der Waals surface area contributed by atoms with Crippen molar-refractivity contribution in [3.8, 4) is 0 Å². The zero-order chi connectivity index (χ0) is 12.8. The van der Waals surface area contributed by atoms with Crippen LogP contribution in [-0.2, 0) is 0 Å². The highest BCUT2D eigenvalue weighted by atomic mass is 32.2. The number of pyridine rings is 1. The second kappa shape index (κ2) is 7.00. The number of nitrogens with one attached hydrogen (secondary N) is 1. The van der Waals surface area contributed by atoms with Gasteiger partial charge >= 0.3 is 0 Å². The van der Waals surface area contributed by atoms with Crippen LogP contribution >= 0.6 is 11.8 Å². The molecule has 100 valence electrons. The van der Waals surface area contributed by atoms with Crippen LogP contribution in [0.25, 0.3) is 0 Å². The van der Waals surface area contributed by atoms with Crippen LogP contribution in [0.15, 0.2) is 18.3 Å². The van der Waals surface area contributed by atoms with Gasteiger partial charge in [-0.15, -0.1) is 0 Å². The molecule has 0 amide bonds. The summed E-state index contributed by atoms with van der Waals surface area (Å²) in [6.07, 6.45) is 3.19. The largest absolute Gasteiger partial charge is 0.355 e. The summed E-state index contributed by atoms with van der Waals surface area (Å²) in [5.74, 6) is 3.57. The molecule has 0 bridgehead atoms. The Morgan fingerprint density at radius 3 is 2.78 bits per heavy atom. The molecule has 0 saturated carbocycles. The molecule has 3 nitrogen and oxygen atoms in total. The number of thioether (sulfide) groups is 1. The molecule has 0 radical (unpaired) electrons. The van der Waals surface area contributed by atoms with E-state index in [0.717, 1.165) is 25.5 Å². The highest BCUT2D eigenvalue weighted by Gasteiger charge is 2.12. The smallest absolute Gasteiger partial charge is 0.128 e. The monoisotopic (exact) mass is 265 g/mol. The number of anilines is 1. The Bertz CT molecular complexity index is 347. The first kappa shape index (κ1) is 13.7. The SMILES string of the molecule is CCCNC(C)c1ccc(N2CCSCC2)nc1. The average Bonchev–Trinajstić information content (AvgIpc) is 2.46. The standard InChI is InChI=1S/C14H23N3S/c1-3-6-15-12(2)13-4-5-14(16-11-13)17-7-9-18-10-8-17/h4-5,11-12,15H,3,6-10H2,1-2H3. The van der Waals surface area contributed by atoms with E-state index in [0.29, 0.717) is 6.04 Å². The maximum absolute atomic E-state index is 4.61.